The summed E-state index contributed by atoms with van der Waals surface area (Å²) in [6, 6.07) is 8.39. The van der Waals surface area contributed by atoms with E-state index in [0.29, 0.717) is 19.6 Å². The lowest BCUT2D eigenvalue weighted by atomic mass is 9.98. The van der Waals surface area contributed by atoms with Gasteiger partial charge in [-0.2, -0.15) is 0 Å². The standard InChI is InChI=1S/C18H28N2O3S/c1-3-24(22,23)20-12-6-10-17(14-20)18(21)19-11-5-9-16-8-4-7-15(2)13-16/h4,7-8,13,17H,3,5-6,9-12,14H2,1-2H3,(H,19,21)/t17-/m1/s1. The molecule has 1 amide bonds. The van der Waals surface area contributed by atoms with Gasteiger partial charge in [-0.25, -0.2) is 12.7 Å². The molecule has 2 rings (SSSR count). The first-order valence-electron chi connectivity index (χ1n) is 8.73. The van der Waals surface area contributed by atoms with Crippen LogP contribution in [0.3, 0.4) is 0 Å². The van der Waals surface area contributed by atoms with Crippen molar-refractivity contribution in [2.45, 2.75) is 39.5 Å². The van der Waals surface area contributed by atoms with E-state index in [4.69, 9.17) is 0 Å². The average molecular weight is 353 g/mol. The van der Waals surface area contributed by atoms with Crippen LogP contribution < -0.4 is 5.32 Å². The van der Waals surface area contributed by atoms with E-state index in [1.165, 1.54) is 15.4 Å². The summed E-state index contributed by atoms with van der Waals surface area (Å²) < 4.78 is 25.4. The summed E-state index contributed by atoms with van der Waals surface area (Å²) in [4.78, 5) is 12.3. The zero-order chi connectivity index (χ0) is 17.6. The third kappa shape index (κ3) is 5.31. The number of carbonyl (C=O) groups is 1. The van der Waals surface area contributed by atoms with Gasteiger partial charge in [0, 0.05) is 19.6 Å². The van der Waals surface area contributed by atoms with Crippen LogP contribution in [0.2, 0.25) is 0 Å². The highest BCUT2D eigenvalue weighted by atomic mass is 32.2. The molecule has 0 bridgehead atoms. The van der Waals surface area contributed by atoms with Gasteiger partial charge in [0.1, 0.15) is 0 Å². The van der Waals surface area contributed by atoms with E-state index in [1.807, 2.05) is 6.07 Å². The number of hydrogen-bond acceptors (Lipinski definition) is 3. The first kappa shape index (κ1) is 18.9. The summed E-state index contributed by atoms with van der Waals surface area (Å²) in [5, 5.41) is 2.97. The Labute approximate surface area is 145 Å². The van der Waals surface area contributed by atoms with Gasteiger partial charge in [0.2, 0.25) is 15.9 Å². The lowest BCUT2D eigenvalue weighted by Gasteiger charge is -2.30. The van der Waals surface area contributed by atoms with E-state index in [9.17, 15) is 13.2 Å². The Balaban J connectivity index is 1.76. The van der Waals surface area contributed by atoms with Gasteiger partial charge in [-0.05, 0) is 45.1 Å². The van der Waals surface area contributed by atoms with Crippen molar-refractivity contribution in [1.82, 2.24) is 9.62 Å². The van der Waals surface area contributed by atoms with Gasteiger partial charge < -0.3 is 5.32 Å². The minimum absolute atomic E-state index is 0.0183. The van der Waals surface area contributed by atoms with Crippen LogP contribution >= 0.6 is 0 Å². The zero-order valence-electron chi connectivity index (χ0n) is 14.6. The number of carbonyl (C=O) groups excluding carboxylic acids is 1. The fourth-order valence-electron chi connectivity index (χ4n) is 3.11. The van der Waals surface area contributed by atoms with E-state index in [-0.39, 0.29) is 17.6 Å². The van der Waals surface area contributed by atoms with Crippen LogP contribution in [0.25, 0.3) is 0 Å². The first-order chi connectivity index (χ1) is 11.4. The maximum atomic E-state index is 12.3. The summed E-state index contributed by atoms with van der Waals surface area (Å²) in [6.45, 7) is 5.20. The van der Waals surface area contributed by atoms with Crippen LogP contribution in [0.1, 0.15) is 37.3 Å². The summed E-state index contributed by atoms with van der Waals surface area (Å²) >= 11 is 0. The Morgan fingerprint density at radius 1 is 1.38 bits per heavy atom. The predicted molar refractivity (Wildman–Crippen MR) is 96.3 cm³/mol. The molecule has 0 aliphatic carbocycles. The Morgan fingerprint density at radius 3 is 2.88 bits per heavy atom. The van der Waals surface area contributed by atoms with Gasteiger partial charge in [0.25, 0.3) is 0 Å². The molecule has 0 aromatic heterocycles. The average Bonchev–Trinajstić information content (AvgIpc) is 2.58. The molecule has 1 fully saturated rings. The van der Waals surface area contributed by atoms with Crippen LogP contribution in [0, 0.1) is 12.8 Å². The maximum Gasteiger partial charge on any atom is 0.224 e. The molecule has 0 unspecified atom stereocenters. The Bertz CT molecular complexity index is 658. The minimum atomic E-state index is -3.20. The number of benzene rings is 1. The van der Waals surface area contributed by atoms with Gasteiger partial charge >= 0.3 is 0 Å². The molecule has 1 aromatic carbocycles. The van der Waals surface area contributed by atoms with E-state index in [1.54, 1.807) is 6.92 Å². The molecule has 6 heteroatoms. The molecule has 1 atom stereocenters. The molecule has 5 nitrogen and oxygen atoms in total. The van der Waals surface area contributed by atoms with Crippen molar-refractivity contribution in [1.29, 1.82) is 0 Å². The summed E-state index contributed by atoms with van der Waals surface area (Å²) in [5.74, 6) is -0.146. The van der Waals surface area contributed by atoms with E-state index < -0.39 is 10.0 Å². The molecule has 24 heavy (non-hydrogen) atoms. The van der Waals surface area contributed by atoms with E-state index in [0.717, 1.165) is 25.7 Å². The smallest absolute Gasteiger partial charge is 0.224 e. The molecule has 1 aliphatic heterocycles. The van der Waals surface area contributed by atoms with Crippen LogP contribution in [0.15, 0.2) is 24.3 Å². The van der Waals surface area contributed by atoms with Crippen molar-refractivity contribution in [2.24, 2.45) is 5.92 Å². The minimum Gasteiger partial charge on any atom is -0.356 e. The number of amides is 1. The summed E-state index contributed by atoms with van der Waals surface area (Å²) in [6.07, 6.45) is 3.34. The molecule has 1 aromatic rings. The molecule has 0 radical (unpaired) electrons. The topological polar surface area (TPSA) is 66.5 Å². The van der Waals surface area contributed by atoms with Crippen molar-refractivity contribution in [3.05, 3.63) is 35.4 Å². The number of hydrogen-bond donors (Lipinski definition) is 1. The van der Waals surface area contributed by atoms with Crippen LogP contribution in [0.4, 0.5) is 0 Å². The number of nitrogens with one attached hydrogen (secondary N) is 1. The van der Waals surface area contributed by atoms with Crippen molar-refractivity contribution in [2.75, 3.05) is 25.4 Å². The highest BCUT2D eigenvalue weighted by Crippen LogP contribution is 2.19. The highest BCUT2D eigenvalue weighted by Gasteiger charge is 2.31. The Hall–Kier alpha value is -1.40. The number of sulfonamides is 1. The summed E-state index contributed by atoms with van der Waals surface area (Å²) in [5.41, 5.74) is 2.53. The third-order valence-electron chi connectivity index (χ3n) is 4.54. The number of piperidine rings is 1. The lowest BCUT2D eigenvalue weighted by molar-refractivity contribution is -0.126. The van der Waals surface area contributed by atoms with Crippen molar-refractivity contribution < 1.29 is 13.2 Å². The van der Waals surface area contributed by atoms with Gasteiger partial charge in [0.05, 0.1) is 11.7 Å². The zero-order valence-corrected chi connectivity index (χ0v) is 15.4. The lowest BCUT2D eigenvalue weighted by Crippen LogP contribution is -2.46. The second-order valence-corrected chi connectivity index (χ2v) is 8.74. The van der Waals surface area contributed by atoms with Gasteiger partial charge in [-0.15, -0.1) is 0 Å². The maximum absolute atomic E-state index is 12.3. The second-order valence-electron chi connectivity index (χ2n) is 6.48. The predicted octanol–water partition coefficient (Wildman–Crippen LogP) is 2.11. The summed E-state index contributed by atoms with van der Waals surface area (Å²) in [7, 11) is -3.20. The fraction of sp³-hybridized carbons (Fsp3) is 0.611. The van der Waals surface area contributed by atoms with Gasteiger partial charge in [0.15, 0.2) is 0 Å². The molecule has 0 saturated carbocycles. The largest absolute Gasteiger partial charge is 0.356 e. The quantitative estimate of drug-likeness (QED) is 0.764. The van der Waals surface area contributed by atoms with E-state index >= 15 is 0 Å². The molecular formula is C18H28N2O3S. The molecule has 1 heterocycles. The molecule has 134 valence electrons. The molecule has 0 spiro atoms. The normalized spacial score (nSPS) is 19.2. The molecule has 1 aliphatic rings. The fourth-order valence-corrected chi connectivity index (χ4v) is 4.29. The first-order valence-corrected chi connectivity index (χ1v) is 10.3. The second kappa shape index (κ2) is 8.62. The van der Waals surface area contributed by atoms with Gasteiger partial charge in [-0.3, -0.25) is 4.79 Å². The van der Waals surface area contributed by atoms with Gasteiger partial charge in [-0.1, -0.05) is 29.8 Å². The van der Waals surface area contributed by atoms with Crippen molar-refractivity contribution >= 4 is 15.9 Å². The third-order valence-corrected chi connectivity index (χ3v) is 6.39. The van der Waals surface area contributed by atoms with Crippen LogP contribution in [0.5, 0.6) is 0 Å². The molecular weight excluding hydrogens is 324 g/mol. The monoisotopic (exact) mass is 352 g/mol. The van der Waals surface area contributed by atoms with Crippen LogP contribution in [-0.2, 0) is 21.2 Å². The Kier molecular flexibility index (Phi) is 6.80. The van der Waals surface area contributed by atoms with Crippen molar-refractivity contribution in [3.63, 3.8) is 0 Å². The SMILES string of the molecule is CCS(=O)(=O)N1CCC[C@@H](C(=O)NCCCc2cccc(C)c2)C1. The molecule has 1 saturated heterocycles. The molecule has 1 N–H and O–H groups in total. The van der Waals surface area contributed by atoms with Crippen molar-refractivity contribution in [3.8, 4) is 0 Å². The van der Waals surface area contributed by atoms with Crippen LogP contribution in [-0.4, -0.2) is 44.0 Å². The number of nitrogens with zero attached hydrogens (tertiary/aromatic N) is 1. The number of aryl methyl sites for hydroxylation is 2. The Morgan fingerprint density at radius 2 is 2.17 bits per heavy atom. The number of rotatable bonds is 7. The highest BCUT2D eigenvalue weighted by molar-refractivity contribution is 7.89. The van der Waals surface area contributed by atoms with E-state index in [2.05, 4.69) is 30.4 Å².